The van der Waals surface area contributed by atoms with Gasteiger partial charge in [-0.2, -0.15) is 0 Å². The van der Waals surface area contributed by atoms with Crippen LogP contribution in [0.3, 0.4) is 0 Å². The average molecular weight is 451 g/mol. The molecule has 2 atom stereocenters. The maximum Gasteiger partial charge on any atom is 0.250 e. The van der Waals surface area contributed by atoms with Crippen molar-refractivity contribution in [3.63, 3.8) is 0 Å². The van der Waals surface area contributed by atoms with Crippen LogP contribution in [0.15, 0.2) is 78.9 Å². The lowest BCUT2D eigenvalue weighted by Gasteiger charge is -2.33. The molecule has 0 aliphatic carbocycles. The van der Waals surface area contributed by atoms with Crippen LogP contribution in [0.4, 0.5) is 11.4 Å². The Labute approximate surface area is 189 Å². The van der Waals surface area contributed by atoms with Crippen molar-refractivity contribution in [1.82, 2.24) is 0 Å². The van der Waals surface area contributed by atoms with Crippen LogP contribution in [-0.4, -0.2) is 32.7 Å². The number of rotatable bonds is 6. The van der Waals surface area contributed by atoms with E-state index >= 15 is 0 Å². The molecular formula is C25H26N2O4S. The summed E-state index contributed by atoms with van der Waals surface area (Å²) in [6.07, 6.45) is 1.87. The Morgan fingerprint density at radius 2 is 1.56 bits per heavy atom. The first kappa shape index (κ1) is 21.9. The molecule has 3 aromatic rings. The largest absolute Gasteiger partial charge is 0.457 e. The predicted molar refractivity (Wildman–Crippen MR) is 127 cm³/mol. The summed E-state index contributed by atoms with van der Waals surface area (Å²) in [4.78, 5) is 15.2. The summed E-state index contributed by atoms with van der Waals surface area (Å²) in [5, 5.41) is 0. The molecule has 7 heteroatoms. The van der Waals surface area contributed by atoms with Crippen LogP contribution in [0.1, 0.15) is 19.4 Å². The fourth-order valence-corrected chi connectivity index (χ4v) is 5.36. The van der Waals surface area contributed by atoms with Crippen LogP contribution < -0.4 is 13.9 Å². The highest BCUT2D eigenvalue weighted by atomic mass is 32.2. The summed E-state index contributed by atoms with van der Waals surface area (Å²) in [7, 11) is -3.71. The number of nitrogens with zero attached hydrogens (tertiary/aromatic N) is 2. The number of hydrogen-bond donors (Lipinski definition) is 0. The molecule has 0 saturated carbocycles. The molecule has 0 spiro atoms. The molecule has 0 fully saturated rings. The molecule has 0 unspecified atom stereocenters. The lowest BCUT2D eigenvalue weighted by molar-refractivity contribution is -0.119. The number of carbonyl (C=O) groups is 1. The van der Waals surface area contributed by atoms with Crippen molar-refractivity contribution in [3.8, 4) is 11.5 Å². The number of ether oxygens (including phenoxy) is 1. The van der Waals surface area contributed by atoms with Gasteiger partial charge in [0.15, 0.2) is 0 Å². The van der Waals surface area contributed by atoms with Gasteiger partial charge >= 0.3 is 0 Å². The fourth-order valence-electron chi connectivity index (χ4n) is 4.19. The Morgan fingerprint density at radius 3 is 2.22 bits per heavy atom. The summed E-state index contributed by atoms with van der Waals surface area (Å²) in [5.41, 5.74) is 2.35. The van der Waals surface area contributed by atoms with Crippen LogP contribution in [0.25, 0.3) is 0 Å². The van der Waals surface area contributed by atoms with Gasteiger partial charge < -0.3 is 9.64 Å². The second-order valence-electron chi connectivity index (χ2n) is 8.03. The Morgan fingerprint density at radius 1 is 0.969 bits per heavy atom. The van der Waals surface area contributed by atoms with Crippen molar-refractivity contribution in [3.05, 3.63) is 84.4 Å². The normalized spacial score (nSPS) is 16.3. The van der Waals surface area contributed by atoms with E-state index in [9.17, 15) is 13.2 Å². The summed E-state index contributed by atoms with van der Waals surface area (Å²) in [5.74, 6) is 1.01. The van der Waals surface area contributed by atoms with Crippen LogP contribution in [0.2, 0.25) is 0 Å². The number of sulfonamides is 1. The summed E-state index contributed by atoms with van der Waals surface area (Å²) < 4.78 is 32.4. The van der Waals surface area contributed by atoms with Crippen molar-refractivity contribution in [2.45, 2.75) is 32.4 Å². The predicted octanol–water partition coefficient (Wildman–Crippen LogP) is 4.61. The zero-order valence-electron chi connectivity index (χ0n) is 18.3. The van der Waals surface area contributed by atoms with E-state index in [1.165, 1.54) is 4.31 Å². The number of fused-ring (bicyclic) bond motifs is 1. The van der Waals surface area contributed by atoms with Crippen LogP contribution >= 0.6 is 0 Å². The van der Waals surface area contributed by atoms with Gasteiger partial charge in [0.25, 0.3) is 5.91 Å². The third-order valence-corrected chi connectivity index (χ3v) is 6.82. The summed E-state index contributed by atoms with van der Waals surface area (Å²) in [6.45, 7) is 3.61. The Bertz CT molecular complexity index is 1210. The SMILES string of the molecule is C[C@H](C(=O)N1c2ccccc2C[C@@H]1C)N(c1ccc(Oc2ccccc2)cc1)S(C)(=O)=O. The Hall–Kier alpha value is -3.32. The van der Waals surface area contributed by atoms with E-state index in [0.29, 0.717) is 17.2 Å². The maximum atomic E-state index is 13.5. The number of benzene rings is 3. The van der Waals surface area contributed by atoms with Gasteiger partial charge in [-0.1, -0.05) is 36.4 Å². The highest BCUT2D eigenvalue weighted by molar-refractivity contribution is 7.92. The Kier molecular flexibility index (Phi) is 5.93. The average Bonchev–Trinajstić information content (AvgIpc) is 3.10. The van der Waals surface area contributed by atoms with Crippen LogP contribution in [0, 0.1) is 0 Å². The zero-order chi connectivity index (χ0) is 22.9. The lowest BCUT2D eigenvalue weighted by Crippen LogP contribution is -2.51. The smallest absolute Gasteiger partial charge is 0.250 e. The van der Waals surface area contributed by atoms with E-state index in [1.54, 1.807) is 36.1 Å². The topological polar surface area (TPSA) is 66.9 Å². The highest BCUT2D eigenvalue weighted by Crippen LogP contribution is 2.34. The van der Waals surface area contributed by atoms with E-state index in [4.69, 9.17) is 4.74 Å². The van der Waals surface area contributed by atoms with E-state index in [0.717, 1.165) is 23.9 Å². The molecule has 0 bridgehead atoms. The molecule has 1 aliphatic heterocycles. The van der Waals surface area contributed by atoms with E-state index in [-0.39, 0.29) is 11.9 Å². The van der Waals surface area contributed by atoms with Crippen LogP contribution in [0.5, 0.6) is 11.5 Å². The van der Waals surface area contributed by atoms with Gasteiger partial charge in [0.2, 0.25) is 10.0 Å². The standard InChI is InChI=1S/C25H26N2O4S/c1-18-17-20-9-7-8-12-24(20)26(18)25(28)19(2)27(32(3,29)30)21-13-15-23(16-14-21)31-22-10-5-4-6-11-22/h4-16,18-19H,17H2,1-3H3/t18-,19+/m0/s1. The second kappa shape index (κ2) is 8.67. The maximum absolute atomic E-state index is 13.5. The second-order valence-corrected chi connectivity index (χ2v) is 9.89. The van der Waals surface area contributed by atoms with Gasteiger partial charge in [0, 0.05) is 11.7 Å². The molecule has 0 saturated heterocycles. The molecule has 3 aromatic carbocycles. The van der Waals surface area contributed by atoms with Crippen molar-refractivity contribution in [2.24, 2.45) is 0 Å². The molecule has 6 nitrogen and oxygen atoms in total. The summed E-state index contributed by atoms with van der Waals surface area (Å²) in [6, 6.07) is 22.9. The van der Waals surface area contributed by atoms with Crippen molar-refractivity contribution in [2.75, 3.05) is 15.5 Å². The first-order chi connectivity index (χ1) is 15.3. The van der Waals surface area contributed by atoms with E-state index < -0.39 is 16.1 Å². The Balaban J connectivity index is 1.61. The molecule has 166 valence electrons. The molecule has 0 aromatic heterocycles. The molecule has 1 amide bonds. The third kappa shape index (κ3) is 4.34. The minimum atomic E-state index is -3.71. The van der Waals surface area contributed by atoms with E-state index in [2.05, 4.69) is 0 Å². The number of carbonyl (C=O) groups excluding carboxylic acids is 1. The van der Waals surface area contributed by atoms with Gasteiger partial charge in [0.1, 0.15) is 17.5 Å². The molecule has 4 rings (SSSR count). The van der Waals surface area contributed by atoms with Crippen molar-refractivity contribution >= 4 is 27.3 Å². The minimum absolute atomic E-state index is 0.0367. The molecule has 0 N–H and O–H groups in total. The van der Waals surface area contributed by atoms with Gasteiger partial charge in [-0.3, -0.25) is 9.10 Å². The third-order valence-electron chi connectivity index (χ3n) is 5.58. The minimum Gasteiger partial charge on any atom is -0.457 e. The first-order valence-electron chi connectivity index (χ1n) is 10.5. The van der Waals surface area contributed by atoms with Crippen molar-refractivity contribution in [1.29, 1.82) is 0 Å². The number of amides is 1. The highest BCUT2D eigenvalue weighted by Gasteiger charge is 2.37. The van der Waals surface area contributed by atoms with Gasteiger partial charge in [-0.15, -0.1) is 0 Å². The van der Waals surface area contributed by atoms with Gasteiger partial charge in [-0.25, -0.2) is 8.42 Å². The molecular weight excluding hydrogens is 424 g/mol. The molecule has 1 heterocycles. The fraction of sp³-hybridized carbons (Fsp3) is 0.240. The molecule has 0 radical (unpaired) electrons. The van der Waals surface area contributed by atoms with E-state index in [1.807, 2.05) is 61.5 Å². The molecule has 32 heavy (non-hydrogen) atoms. The zero-order valence-corrected chi connectivity index (χ0v) is 19.1. The number of anilines is 2. The number of para-hydroxylation sites is 2. The summed E-state index contributed by atoms with van der Waals surface area (Å²) >= 11 is 0. The first-order valence-corrected chi connectivity index (χ1v) is 12.3. The monoisotopic (exact) mass is 450 g/mol. The van der Waals surface area contributed by atoms with Gasteiger partial charge in [0.05, 0.1) is 11.9 Å². The van der Waals surface area contributed by atoms with Gasteiger partial charge in [-0.05, 0) is 68.3 Å². The number of hydrogen-bond acceptors (Lipinski definition) is 4. The molecule has 1 aliphatic rings. The van der Waals surface area contributed by atoms with Crippen molar-refractivity contribution < 1.29 is 17.9 Å². The lowest BCUT2D eigenvalue weighted by atomic mass is 10.1. The quantitative estimate of drug-likeness (QED) is 0.550. The van der Waals surface area contributed by atoms with Crippen LogP contribution in [-0.2, 0) is 21.2 Å².